The molecule has 6 rings (SSSR count). The van der Waals surface area contributed by atoms with Crippen molar-refractivity contribution in [3.63, 3.8) is 0 Å². The third-order valence-electron chi connectivity index (χ3n) is 7.03. The van der Waals surface area contributed by atoms with Crippen molar-refractivity contribution in [1.29, 1.82) is 0 Å². The number of hydrogen-bond acceptors (Lipinski definition) is 4. The fraction of sp³-hybridized carbons (Fsp3) is 0.333. The van der Waals surface area contributed by atoms with Gasteiger partial charge in [-0.25, -0.2) is 0 Å². The fourth-order valence-corrected chi connectivity index (χ4v) is 5.31. The van der Waals surface area contributed by atoms with Gasteiger partial charge < -0.3 is 14.0 Å². The maximum absolute atomic E-state index is 6.32. The largest absolute Gasteiger partial charge is 0.448 e. The highest BCUT2D eigenvalue weighted by atomic mass is 16.5. The Morgan fingerprint density at radius 2 is 2.06 bits per heavy atom. The van der Waals surface area contributed by atoms with Gasteiger partial charge in [-0.15, -0.1) is 0 Å². The Bertz CT molecular complexity index is 1280. The Morgan fingerprint density at radius 3 is 2.97 bits per heavy atom. The molecule has 3 aromatic rings. The van der Waals surface area contributed by atoms with E-state index in [1.165, 1.54) is 31.5 Å². The average Bonchev–Trinajstić information content (AvgIpc) is 3.25. The van der Waals surface area contributed by atoms with E-state index < -0.39 is 0 Å². The van der Waals surface area contributed by atoms with Gasteiger partial charge in [0.2, 0.25) is 0 Å². The number of ether oxygens (including phenoxy) is 1. The van der Waals surface area contributed by atoms with Crippen molar-refractivity contribution in [1.82, 2.24) is 14.3 Å². The predicted molar refractivity (Wildman–Crippen MR) is 129 cm³/mol. The van der Waals surface area contributed by atoms with E-state index in [1.807, 2.05) is 19.3 Å². The molecule has 2 aromatic heterocycles. The SMILES string of the molecule is C=C=C1Oc2cc(N3CCN4CCCCC4C3)ccc2C=C1c1cc2cnc(C)cn2c1. The van der Waals surface area contributed by atoms with E-state index in [9.17, 15) is 0 Å². The maximum atomic E-state index is 6.32. The zero-order valence-corrected chi connectivity index (χ0v) is 18.6. The molecule has 5 nitrogen and oxygen atoms in total. The summed E-state index contributed by atoms with van der Waals surface area (Å²) in [6.07, 6.45) is 12.2. The second-order valence-electron chi connectivity index (χ2n) is 9.11. The van der Waals surface area contributed by atoms with Crippen LogP contribution in [0.25, 0.3) is 17.2 Å². The zero-order chi connectivity index (χ0) is 21.7. The third kappa shape index (κ3) is 3.35. The van der Waals surface area contributed by atoms with Gasteiger partial charge in [-0.1, -0.05) is 18.7 Å². The Morgan fingerprint density at radius 1 is 1.12 bits per heavy atom. The number of rotatable bonds is 2. The fourth-order valence-electron chi connectivity index (χ4n) is 5.31. The summed E-state index contributed by atoms with van der Waals surface area (Å²) in [5.41, 5.74) is 9.46. The number of anilines is 1. The van der Waals surface area contributed by atoms with E-state index in [4.69, 9.17) is 4.74 Å². The quantitative estimate of drug-likeness (QED) is 0.547. The number of aryl methyl sites for hydroxylation is 1. The third-order valence-corrected chi connectivity index (χ3v) is 7.03. The number of piperazine rings is 1. The molecule has 3 aliphatic rings. The maximum Gasteiger partial charge on any atom is 0.177 e. The molecule has 32 heavy (non-hydrogen) atoms. The predicted octanol–water partition coefficient (Wildman–Crippen LogP) is 4.92. The summed E-state index contributed by atoms with van der Waals surface area (Å²) in [6.45, 7) is 10.5. The Labute approximate surface area is 188 Å². The summed E-state index contributed by atoms with van der Waals surface area (Å²) in [5, 5.41) is 0. The van der Waals surface area contributed by atoms with Crippen molar-refractivity contribution in [3.05, 3.63) is 77.7 Å². The van der Waals surface area contributed by atoms with Crippen molar-refractivity contribution in [3.8, 4) is 5.75 Å². The summed E-state index contributed by atoms with van der Waals surface area (Å²) in [6, 6.07) is 9.41. The van der Waals surface area contributed by atoms with Crippen LogP contribution in [0.1, 0.15) is 36.1 Å². The van der Waals surface area contributed by atoms with Crippen molar-refractivity contribution >= 4 is 22.9 Å². The lowest BCUT2D eigenvalue weighted by Crippen LogP contribution is -2.54. The van der Waals surface area contributed by atoms with Crippen LogP contribution in [0, 0.1) is 6.92 Å². The van der Waals surface area contributed by atoms with Crippen LogP contribution in [-0.2, 0) is 0 Å². The number of piperidine rings is 1. The minimum atomic E-state index is 0.673. The molecule has 0 radical (unpaired) electrons. The Hall–Kier alpha value is -3.27. The van der Waals surface area contributed by atoms with Crippen LogP contribution in [0.2, 0.25) is 0 Å². The number of nitrogens with zero attached hydrogens (tertiary/aromatic N) is 4. The van der Waals surface area contributed by atoms with Crippen LogP contribution in [0.5, 0.6) is 5.75 Å². The molecule has 1 unspecified atom stereocenters. The molecule has 0 bridgehead atoms. The minimum absolute atomic E-state index is 0.673. The molecular weight excluding hydrogens is 396 g/mol. The molecule has 0 N–H and O–H groups in total. The summed E-state index contributed by atoms with van der Waals surface area (Å²) in [5.74, 6) is 1.55. The molecule has 0 amide bonds. The number of allylic oxidation sites excluding steroid dienone is 1. The first kappa shape index (κ1) is 19.4. The van der Waals surface area contributed by atoms with Gasteiger partial charge in [-0.2, -0.15) is 0 Å². The normalized spacial score (nSPS) is 20.9. The van der Waals surface area contributed by atoms with Crippen LogP contribution < -0.4 is 9.64 Å². The molecular formula is C27H28N4O. The summed E-state index contributed by atoms with van der Waals surface area (Å²) in [4.78, 5) is 9.59. The van der Waals surface area contributed by atoms with Crippen molar-refractivity contribution in [2.24, 2.45) is 0 Å². The molecule has 0 aliphatic carbocycles. The van der Waals surface area contributed by atoms with Crippen molar-refractivity contribution < 1.29 is 4.74 Å². The molecule has 3 aliphatic heterocycles. The van der Waals surface area contributed by atoms with Gasteiger partial charge in [0.15, 0.2) is 5.76 Å². The topological polar surface area (TPSA) is 33.0 Å². The lowest BCUT2D eigenvalue weighted by molar-refractivity contribution is 0.133. The minimum Gasteiger partial charge on any atom is -0.448 e. The highest BCUT2D eigenvalue weighted by Crippen LogP contribution is 2.39. The lowest BCUT2D eigenvalue weighted by atomic mass is 9.98. The van der Waals surface area contributed by atoms with Crippen LogP contribution in [0.4, 0.5) is 5.69 Å². The molecule has 2 fully saturated rings. The van der Waals surface area contributed by atoms with Crippen LogP contribution >= 0.6 is 0 Å². The van der Waals surface area contributed by atoms with Gasteiger partial charge in [0, 0.05) is 66.5 Å². The highest BCUT2D eigenvalue weighted by Gasteiger charge is 2.29. The second-order valence-corrected chi connectivity index (χ2v) is 9.11. The van der Waals surface area contributed by atoms with Gasteiger partial charge in [0.1, 0.15) is 5.75 Å². The van der Waals surface area contributed by atoms with E-state index in [0.29, 0.717) is 11.8 Å². The van der Waals surface area contributed by atoms with Crippen LogP contribution in [0.15, 0.2) is 60.9 Å². The molecule has 1 aromatic carbocycles. The Kier molecular flexibility index (Phi) is 4.67. The van der Waals surface area contributed by atoms with Gasteiger partial charge in [0.25, 0.3) is 0 Å². The van der Waals surface area contributed by atoms with E-state index in [0.717, 1.165) is 53.3 Å². The van der Waals surface area contributed by atoms with Gasteiger partial charge in [-0.05, 0) is 50.6 Å². The smallest absolute Gasteiger partial charge is 0.177 e. The van der Waals surface area contributed by atoms with Gasteiger partial charge in [-0.3, -0.25) is 9.88 Å². The molecule has 2 saturated heterocycles. The monoisotopic (exact) mass is 424 g/mol. The van der Waals surface area contributed by atoms with E-state index in [2.05, 4.69) is 68.0 Å². The van der Waals surface area contributed by atoms with Gasteiger partial charge in [0.05, 0.1) is 17.4 Å². The summed E-state index contributed by atoms with van der Waals surface area (Å²) >= 11 is 0. The first-order valence-electron chi connectivity index (χ1n) is 11.6. The first-order chi connectivity index (χ1) is 15.7. The average molecular weight is 425 g/mol. The summed E-state index contributed by atoms with van der Waals surface area (Å²) < 4.78 is 8.42. The van der Waals surface area contributed by atoms with Crippen molar-refractivity contribution in [2.75, 3.05) is 31.1 Å². The molecule has 1 atom stereocenters. The first-order valence-corrected chi connectivity index (χ1v) is 11.6. The number of fused-ring (bicyclic) bond motifs is 3. The number of hydrogen-bond donors (Lipinski definition) is 0. The van der Waals surface area contributed by atoms with Gasteiger partial charge >= 0.3 is 0 Å². The van der Waals surface area contributed by atoms with E-state index in [-0.39, 0.29) is 0 Å². The number of benzene rings is 1. The Balaban J connectivity index is 1.32. The second kappa shape index (κ2) is 7.70. The molecule has 162 valence electrons. The number of aromatic nitrogens is 2. The molecule has 0 spiro atoms. The van der Waals surface area contributed by atoms with Crippen molar-refractivity contribution in [2.45, 2.75) is 32.2 Å². The standard InChI is InChI=1S/C27H28N4O/c1-3-26-25(21-12-24-15-28-19(2)16-31(24)17-21)13-20-7-8-22(14-27(20)32-26)30-11-10-29-9-5-4-6-23(29)18-30/h7-8,12-17,23H,1,4-6,9-11,18H2,2H3. The van der Waals surface area contributed by atoms with Crippen LogP contribution in [-0.4, -0.2) is 46.5 Å². The zero-order valence-electron chi connectivity index (χ0n) is 18.6. The molecule has 5 heterocycles. The molecule has 0 saturated carbocycles. The van der Waals surface area contributed by atoms with E-state index in [1.54, 1.807) is 0 Å². The lowest BCUT2D eigenvalue weighted by Gasteiger charge is -2.45. The highest BCUT2D eigenvalue weighted by molar-refractivity contribution is 5.94. The summed E-state index contributed by atoms with van der Waals surface area (Å²) in [7, 11) is 0. The van der Waals surface area contributed by atoms with E-state index >= 15 is 0 Å². The van der Waals surface area contributed by atoms with Crippen LogP contribution in [0.3, 0.4) is 0 Å². The molecule has 5 heteroatoms.